The first kappa shape index (κ1) is 13.9. The topological polar surface area (TPSA) is 60.0 Å². The van der Waals surface area contributed by atoms with E-state index in [9.17, 15) is 0 Å². The van der Waals surface area contributed by atoms with Crippen LogP contribution in [0.5, 0.6) is 0 Å². The van der Waals surface area contributed by atoms with E-state index < -0.39 is 0 Å². The highest BCUT2D eigenvalue weighted by Gasteiger charge is 2.12. The Balaban J connectivity index is 1.99. The Kier molecular flexibility index (Phi) is 3.83. The van der Waals surface area contributed by atoms with Gasteiger partial charge in [0.05, 0.1) is 11.9 Å². The predicted molar refractivity (Wildman–Crippen MR) is 83.8 cm³/mol. The first-order chi connectivity index (χ1) is 10.2. The van der Waals surface area contributed by atoms with Gasteiger partial charge in [-0.3, -0.25) is 4.68 Å². The Bertz CT molecular complexity index is 760. The summed E-state index contributed by atoms with van der Waals surface area (Å²) in [6, 6.07) is 2.05. The van der Waals surface area contributed by atoms with Gasteiger partial charge in [-0.2, -0.15) is 5.10 Å². The minimum Gasteiger partial charge on any atom is -0.369 e. The van der Waals surface area contributed by atoms with E-state index in [1.807, 2.05) is 35.4 Å². The summed E-state index contributed by atoms with van der Waals surface area (Å²) in [5, 5.41) is 9.63. The number of anilines is 1. The maximum atomic E-state index is 4.68. The van der Waals surface area contributed by atoms with E-state index in [0.717, 1.165) is 40.2 Å². The third kappa shape index (κ3) is 2.87. The van der Waals surface area contributed by atoms with Crippen LogP contribution < -0.4 is 5.32 Å². The highest BCUT2D eigenvalue weighted by Crippen LogP contribution is 2.30. The zero-order valence-corrected chi connectivity index (χ0v) is 13.2. The summed E-state index contributed by atoms with van der Waals surface area (Å²) < 4.78 is 3.86. The SMILES string of the molecule is CCCNc1cn2ccnc2c(Sc2cc(C)nn2C)n1. The molecule has 110 valence electrons. The van der Waals surface area contributed by atoms with Gasteiger partial charge in [0.1, 0.15) is 15.9 Å². The molecule has 0 atom stereocenters. The molecule has 0 spiro atoms. The second-order valence-corrected chi connectivity index (χ2v) is 5.87. The van der Waals surface area contributed by atoms with Crippen molar-refractivity contribution in [2.75, 3.05) is 11.9 Å². The Labute approximate surface area is 127 Å². The summed E-state index contributed by atoms with van der Waals surface area (Å²) in [6.07, 6.45) is 6.76. The zero-order chi connectivity index (χ0) is 14.8. The van der Waals surface area contributed by atoms with E-state index in [1.54, 1.807) is 18.0 Å². The average molecular weight is 302 g/mol. The van der Waals surface area contributed by atoms with Crippen molar-refractivity contribution < 1.29 is 0 Å². The lowest BCUT2D eigenvalue weighted by Crippen LogP contribution is -2.04. The first-order valence-electron chi connectivity index (χ1n) is 6.93. The molecule has 0 saturated heterocycles. The van der Waals surface area contributed by atoms with Crippen LogP contribution in [0.4, 0.5) is 5.82 Å². The summed E-state index contributed by atoms with van der Waals surface area (Å²) in [5.74, 6) is 0.865. The van der Waals surface area contributed by atoms with Crippen molar-refractivity contribution in [3.05, 3.63) is 30.4 Å². The molecule has 3 heterocycles. The average Bonchev–Trinajstić information content (AvgIpc) is 3.03. The van der Waals surface area contributed by atoms with Crippen LogP contribution in [0.3, 0.4) is 0 Å². The van der Waals surface area contributed by atoms with Gasteiger partial charge >= 0.3 is 0 Å². The first-order valence-corrected chi connectivity index (χ1v) is 7.75. The molecule has 0 aromatic carbocycles. The second-order valence-electron chi connectivity index (χ2n) is 4.87. The van der Waals surface area contributed by atoms with E-state index in [4.69, 9.17) is 0 Å². The molecule has 0 saturated carbocycles. The lowest BCUT2D eigenvalue weighted by Gasteiger charge is -2.08. The van der Waals surface area contributed by atoms with Crippen LogP contribution >= 0.6 is 11.8 Å². The van der Waals surface area contributed by atoms with Crippen molar-refractivity contribution >= 4 is 23.2 Å². The lowest BCUT2D eigenvalue weighted by molar-refractivity contribution is 0.692. The molecule has 7 heteroatoms. The van der Waals surface area contributed by atoms with Crippen LogP contribution in [0.25, 0.3) is 5.65 Å². The van der Waals surface area contributed by atoms with Gasteiger partial charge in [0.25, 0.3) is 0 Å². The maximum absolute atomic E-state index is 4.68. The van der Waals surface area contributed by atoms with E-state index in [2.05, 4.69) is 33.4 Å². The Morgan fingerprint density at radius 2 is 2.24 bits per heavy atom. The van der Waals surface area contributed by atoms with Crippen LogP contribution in [-0.4, -0.2) is 30.7 Å². The quantitative estimate of drug-likeness (QED) is 0.785. The fourth-order valence-electron chi connectivity index (χ4n) is 2.09. The highest BCUT2D eigenvalue weighted by atomic mass is 32.2. The lowest BCUT2D eigenvalue weighted by atomic mass is 10.5. The number of hydrogen-bond acceptors (Lipinski definition) is 5. The Morgan fingerprint density at radius 3 is 2.95 bits per heavy atom. The van der Waals surface area contributed by atoms with Gasteiger partial charge in [-0.05, 0) is 31.2 Å². The molecule has 0 amide bonds. The van der Waals surface area contributed by atoms with Crippen molar-refractivity contribution in [2.45, 2.75) is 30.3 Å². The smallest absolute Gasteiger partial charge is 0.170 e. The van der Waals surface area contributed by atoms with Crippen LogP contribution in [0.1, 0.15) is 19.0 Å². The molecule has 3 rings (SSSR count). The molecule has 0 aliphatic carbocycles. The minimum absolute atomic E-state index is 0.862. The normalized spacial score (nSPS) is 11.2. The van der Waals surface area contributed by atoms with Crippen LogP contribution in [0, 0.1) is 6.92 Å². The Morgan fingerprint density at radius 1 is 1.38 bits per heavy atom. The number of hydrogen-bond donors (Lipinski definition) is 1. The van der Waals surface area contributed by atoms with Gasteiger partial charge in [-0.15, -0.1) is 0 Å². The molecule has 1 N–H and O–H groups in total. The van der Waals surface area contributed by atoms with Gasteiger partial charge < -0.3 is 9.72 Å². The number of nitrogens with zero attached hydrogens (tertiary/aromatic N) is 5. The third-order valence-electron chi connectivity index (χ3n) is 3.06. The fraction of sp³-hybridized carbons (Fsp3) is 0.357. The standard InChI is InChI=1S/C14H18N6S/c1-4-5-15-11-9-20-7-6-16-13(20)14(17-11)21-12-8-10(2)18-19(12)3/h6-9,15H,4-5H2,1-3H3. The highest BCUT2D eigenvalue weighted by molar-refractivity contribution is 7.99. The summed E-state index contributed by atoms with van der Waals surface area (Å²) in [7, 11) is 1.94. The van der Waals surface area contributed by atoms with Gasteiger partial charge in [-0.1, -0.05) is 6.92 Å². The molecule has 0 aliphatic heterocycles. The largest absolute Gasteiger partial charge is 0.369 e. The minimum atomic E-state index is 0.862. The predicted octanol–water partition coefficient (Wildman–Crippen LogP) is 2.74. The molecule has 6 nitrogen and oxygen atoms in total. The molecule has 3 aromatic rings. The van der Waals surface area contributed by atoms with Crippen LogP contribution in [0.15, 0.2) is 34.7 Å². The zero-order valence-electron chi connectivity index (χ0n) is 12.4. The molecule has 21 heavy (non-hydrogen) atoms. The summed E-state index contributed by atoms with van der Waals surface area (Å²) >= 11 is 1.58. The van der Waals surface area contributed by atoms with E-state index >= 15 is 0 Å². The molecular weight excluding hydrogens is 284 g/mol. The van der Waals surface area contributed by atoms with E-state index in [-0.39, 0.29) is 0 Å². The number of rotatable bonds is 5. The maximum Gasteiger partial charge on any atom is 0.170 e. The number of nitrogens with one attached hydrogen (secondary N) is 1. The van der Waals surface area contributed by atoms with Gasteiger partial charge in [0, 0.05) is 26.0 Å². The summed E-state index contributed by atoms with van der Waals surface area (Å²) in [6.45, 7) is 5.03. The van der Waals surface area contributed by atoms with Gasteiger partial charge in [0.15, 0.2) is 5.65 Å². The second kappa shape index (κ2) is 5.77. The number of fused-ring (bicyclic) bond motifs is 1. The van der Waals surface area contributed by atoms with E-state index in [0.29, 0.717) is 0 Å². The van der Waals surface area contributed by atoms with Crippen molar-refractivity contribution in [2.24, 2.45) is 7.05 Å². The third-order valence-corrected chi connectivity index (χ3v) is 4.12. The molecule has 0 aliphatic rings. The molecule has 0 bridgehead atoms. The van der Waals surface area contributed by atoms with Gasteiger partial charge in [-0.25, -0.2) is 9.97 Å². The van der Waals surface area contributed by atoms with Crippen molar-refractivity contribution in [3.8, 4) is 0 Å². The molecule has 0 radical (unpaired) electrons. The van der Waals surface area contributed by atoms with Crippen molar-refractivity contribution in [3.63, 3.8) is 0 Å². The number of aromatic nitrogens is 5. The summed E-state index contributed by atoms with van der Waals surface area (Å²) in [5.41, 5.74) is 1.86. The van der Waals surface area contributed by atoms with E-state index in [1.165, 1.54) is 0 Å². The number of imidazole rings is 1. The summed E-state index contributed by atoms with van der Waals surface area (Å²) in [4.78, 5) is 9.08. The molecule has 3 aromatic heterocycles. The van der Waals surface area contributed by atoms with Crippen molar-refractivity contribution in [1.29, 1.82) is 0 Å². The monoisotopic (exact) mass is 302 g/mol. The Hall–Kier alpha value is -2.02. The van der Waals surface area contributed by atoms with Gasteiger partial charge in [0.2, 0.25) is 0 Å². The van der Waals surface area contributed by atoms with Crippen LogP contribution in [-0.2, 0) is 7.05 Å². The number of aryl methyl sites for hydroxylation is 2. The van der Waals surface area contributed by atoms with Crippen molar-refractivity contribution in [1.82, 2.24) is 24.1 Å². The molecule has 0 fully saturated rings. The molecule has 0 unspecified atom stereocenters. The molecular formula is C14H18N6S. The fourth-order valence-corrected chi connectivity index (χ4v) is 3.08. The van der Waals surface area contributed by atoms with Crippen LogP contribution in [0.2, 0.25) is 0 Å².